The number of rotatable bonds is 3. The number of halogens is 2. The number of benzene rings is 1. The molecule has 2 rings (SSSR count). The predicted octanol–water partition coefficient (Wildman–Crippen LogP) is 3.96. The molecule has 0 saturated heterocycles. The van der Waals surface area contributed by atoms with Crippen molar-refractivity contribution in [3.8, 4) is 0 Å². The Morgan fingerprint density at radius 3 is 2.50 bits per heavy atom. The molecule has 1 saturated carbocycles. The van der Waals surface area contributed by atoms with Crippen molar-refractivity contribution in [2.75, 3.05) is 0 Å². The van der Waals surface area contributed by atoms with Gasteiger partial charge in [0.2, 0.25) is 0 Å². The first-order valence-corrected chi connectivity index (χ1v) is 7.04. The molecule has 0 aromatic heterocycles. The topological polar surface area (TPSA) is 72.2 Å². The summed E-state index contributed by atoms with van der Waals surface area (Å²) >= 11 is 11.6. The van der Waals surface area contributed by atoms with Crippen LogP contribution < -0.4 is 5.32 Å². The summed E-state index contributed by atoms with van der Waals surface area (Å²) in [5.41, 5.74) is -0.460. The highest BCUT2D eigenvalue weighted by molar-refractivity contribution is 6.43. The first-order valence-electron chi connectivity index (χ1n) is 6.28. The summed E-state index contributed by atoms with van der Waals surface area (Å²) in [6.45, 7) is 1.98. The third-order valence-corrected chi connectivity index (χ3v) is 4.38. The Bertz CT molecular complexity index is 569. The van der Waals surface area contributed by atoms with E-state index in [1.54, 1.807) is 0 Å². The quantitative estimate of drug-likeness (QED) is 0.677. The van der Waals surface area contributed by atoms with E-state index >= 15 is 0 Å². The van der Waals surface area contributed by atoms with Gasteiger partial charge in [-0.15, -0.1) is 0 Å². The van der Waals surface area contributed by atoms with E-state index in [0.29, 0.717) is 0 Å². The SMILES string of the molecule is CC1(NC(=O)c2cc(Cl)c(Cl)c([N+](=O)[O-])c2)CCCC1. The highest BCUT2D eigenvalue weighted by atomic mass is 35.5. The van der Waals surface area contributed by atoms with Gasteiger partial charge in [-0.3, -0.25) is 14.9 Å². The lowest BCUT2D eigenvalue weighted by atomic mass is 10.00. The van der Waals surface area contributed by atoms with Crippen molar-refractivity contribution >= 4 is 34.8 Å². The molecule has 0 unspecified atom stereocenters. The first kappa shape index (κ1) is 15.1. The number of hydrogen-bond donors (Lipinski definition) is 1. The lowest BCUT2D eigenvalue weighted by Crippen LogP contribution is -2.43. The molecule has 1 aromatic rings. The summed E-state index contributed by atoms with van der Waals surface area (Å²) in [5.74, 6) is -0.365. The van der Waals surface area contributed by atoms with Gasteiger partial charge in [-0.1, -0.05) is 36.0 Å². The van der Waals surface area contributed by atoms with Gasteiger partial charge in [-0.2, -0.15) is 0 Å². The van der Waals surface area contributed by atoms with Crippen molar-refractivity contribution < 1.29 is 9.72 Å². The number of nitro groups is 1. The molecule has 20 heavy (non-hydrogen) atoms. The zero-order chi connectivity index (χ0) is 14.9. The Balaban J connectivity index is 2.28. The molecular weight excluding hydrogens is 303 g/mol. The van der Waals surface area contributed by atoms with Crippen molar-refractivity contribution in [2.45, 2.75) is 38.1 Å². The third kappa shape index (κ3) is 3.04. The van der Waals surface area contributed by atoms with Gasteiger partial charge in [0.05, 0.1) is 9.95 Å². The van der Waals surface area contributed by atoms with Gasteiger partial charge in [0.1, 0.15) is 5.02 Å². The number of nitrogens with zero attached hydrogens (tertiary/aromatic N) is 1. The molecule has 108 valence electrons. The molecular formula is C13H14Cl2N2O3. The second-order valence-corrected chi connectivity index (χ2v) is 6.06. The highest BCUT2D eigenvalue weighted by Gasteiger charge is 2.31. The van der Waals surface area contributed by atoms with Crippen LogP contribution in [-0.2, 0) is 0 Å². The Morgan fingerprint density at radius 2 is 1.95 bits per heavy atom. The van der Waals surface area contributed by atoms with Crippen LogP contribution in [0.4, 0.5) is 5.69 Å². The minimum Gasteiger partial charge on any atom is -0.347 e. The van der Waals surface area contributed by atoms with E-state index in [1.807, 2.05) is 6.92 Å². The third-order valence-electron chi connectivity index (χ3n) is 3.59. The van der Waals surface area contributed by atoms with Crippen molar-refractivity contribution in [1.29, 1.82) is 0 Å². The van der Waals surface area contributed by atoms with Crippen LogP contribution in [0.5, 0.6) is 0 Å². The number of carbonyl (C=O) groups excluding carboxylic acids is 1. The van der Waals surface area contributed by atoms with Gasteiger partial charge in [-0.05, 0) is 25.8 Å². The molecule has 0 atom stereocenters. The minimum atomic E-state index is -0.651. The monoisotopic (exact) mass is 316 g/mol. The number of carbonyl (C=O) groups is 1. The predicted molar refractivity (Wildman–Crippen MR) is 77.5 cm³/mol. The first-order chi connectivity index (χ1) is 9.32. The molecule has 0 spiro atoms. The number of amides is 1. The highest BCUT2D eigenvalue weighted by Crippen LogP contribution is 2.34. The van der Waals surface area contributed by atoms with E-state index in [-0.39, 0.29) is 32.7 Å². The van der Waals surface area contributed by atoms with Crippen LogP contribution in [0.3, 0.4) is 0 Å². The summed E-state index contributed by atoms with van der Waals surface area (Å²) in [6, 6.07) is 2.51. The van der Waals surface area contributed by atoms with Crippen LogP contribution in [-0.4, -0.2) is 16.4 Å². The molecule has 0 heterocycles. The zero-order valence-electron chi connectivity index (χ0n) is 10.9. The molecule has 1 aliphatic rings. The molecule has 1 amide bonds. The van der Waals surface area contributed by atoms with Crippen LogP contribution in [0.15, 0.2) is 12.1 Å². The lowest BCUT2D eigenvalue weighted by Gasteiger charge is -2.25. The van der Waals surface area contributed by atoms with Crippen LogP contribution in [0.25, 0.3) is 0 Å². The summed E-state index contributed by atoms with van der Waals surface area (Å²) in [6.07, 6.45) is 3.95. The zero-order valence-corrected chi connectivity index (χ0v) is 12.4. The lowest BCUT2D eigenvalue weighted by molar-refractivity contribution is -0.384. The minimum absolute atomic E-state index is 0.00240. The van der Waals surface area contributed by atoms with E-state index in [1.165, 1.54) is 6.07 Å². The molecule has 0 bridgehead atoms. The molecule has 0 radical (unpaired) electrons. The molecule has 1 fully saturated rings. The summed E-state index contributed by atoms with van der Waals surface area (Å²) in [4.78, 5) is 22.4. The van der Waals surface area contributed by atoms with Gasteiger partial charge >= 0.3 is 0 Å². The van der Waals surface area contributed by atoms with E-state index in [4.69, 9.17) is 23.2 Å². The summed E-state index contributed by atoms with van der Waals surface area (Å²) < 4.78 is 0. The molecule has 1 aliphatic carbocycles. The van der Waals surface area contributed by atoms with Gasteiger partial charge in [-0.25, -0.2) is 0 Å². The van der Waals surface area contributed by atoms with Gasteiger partial charge in [0, 0.05) is 17.2 Å². The Morgan fingerprint density at radius 1 is 1.35 bits per heavy atom. The fourth-order valence-electron chi connectivity index (χ4n) is 2.47. The summed E-state index contributed by atoms with van der Waals surface area (Å²) in [5, 5.41) is 13.7. The van der Waals surface area contributed by atoms with Gasteiger partial charge in [0.15, 0.2) is 0 Å². The second kappa shape index (κ2) is 5.58. The fraction of sp³-hybridized carbons (Fsp3) is 0.462. The van der Waals surface area contributed by atoms with E-state index < -0.39 is 4.92 Å². The standard InChI is InChI=1S/C13H14Cl2N2O3/c1-13(4-2-3-5-13)16-12(18)8-6-9(14)11(15)10(7-8)17(19)20/h6-7H,2-5H2,1H3,(H,16,18). The average Bonchev–Trinajstić information content (AvgIpc) is 2.78. The summed E-state index contributed by atoms with van der Waals surface area (Å²) in [7, 11) is 0. The van der Waals surface area contributed by atoms with Crippen LogP contribution in [0, 0.1) is 10.1 Å². The van der Waals surface area contributed by atoms with Crippen molar-refractivity contribution in [1.82, 2.24) is 5.32 Å². The number of nitro benzene ring substituents is 1. The van der Waals surface area contributed by atoms with Crippen LogP contribution >= 0.6 is 23.2 Å². The van der Waals surface area contributed by atoms with Crippen LogP contribution in [0.1, 0.15) is 43.0 Å². The molecule has 1 aromatic carbocycles. The molecule has 7 heteroatoms. The number of nitrogens with one attached hydrogen (secondary N) is 1. The Labute approximate surface area is 126 Å². The van der Waals surface area contributed by atoms with E-state index in [0.717, 1.165) is 31.7 Å². The van der Waals surface area contributed by atoms with Crippen LogP contribution in [0.2, 0.25) is 10.0 Å². The Hall–Kier alpha value is -1.33. The largest absolute Gasteiger partial charge is 0.347 e. The maximum atomic E-state index is 12.2. The van der Waals surface area contributed by atoms with Crippen molar-refractivity contribution in [3.63, 3.8) is 0 Å². The normalized spacial score (nSPS) is 16.9. The number of hydrogen-bond acceptors (Lipinski definition) is 3. The van der Waals surface area contributed by atoms with E-state index in [2.05, 4.69) is 5.32 Å². The van der Waals surface area contributed by atoms with Gasteiger partial charge in [0.25, 0.3) is 11.6 Å². The fourth-order valence-corrected chi connectivity index (χ4v) is 2.86. The molecule has 0 aliphatic heterocycles. The average molecular weight is 317 g/mol. The molecule has 1 N–H and O–H groups in total. The van der Waals surface area contributed by atoms with Gasteiger partial charge < -0.3 is 5.32 Å². The second-order valence-electron chi connectivity index (χ2n) is 5.27. The maximum Gasteiger partial charge on any atom is 0.290 e. The van der Waals surface area contributed by atoms with E-state index in [9.17, 15) is 14.9 Å². The maximum absolute atomic E-state index is 12.2. The molecule has 5 nitrogen and oxygen atoms in total. The van der Waals surface area contributed by atoms with Crippen molar-refractivity contribution in [3.05, 3.63) is 37.9 Å². The van der Waals surface area contributed by atoms with Crippen molar-refractivity contribution in [2.24, 2.45) is 0 Å². The smallest absolute Gasteiger partial charge is 0.290 e. The Kier molecular flexibility index (Phi) is 4.20.